The van der Waals surface area contributed by atoms with Crippen LogP contribution in [-0.2, 0) is 6.54 Å². The molecule has 8 heteroatoms. The van der Waals surface area contributed by atoms with Gasteiger partial charge in [-0.3, -0.25) is 15.0 Å². The highest BCUT2D eigenvalue weighted by Gasteiger charge is 2.19. The summed E-state index contributed by atoms with van der Waals surface area (Å²) in [5, 5.41) is 7.05. The van der Waals surface area contributed by atoms with Gasteiger partial charge in [-0.2, -0.15) is 0 Å². The van der Waals surface area contributed by atoms with E-state index in [1.807, 2.05) is 54.6 Å². The van der Waals surface area contributed by atoms with E-state index in [-0.39, 0.29) is 18.3 Å². The molecule has 5 rings (SSSR count). The molecule has 35 heavy (non-hydrogen) atoms. The predicted molar refractivity (Wildman–Crippen MR) is 146 cm³/mol. The van der Waals surface area contributed by atoms with Crippen LogP contribution in [0.25, 0.3) is 21.3 Å². The lowest BCUT2D eigenvalue weighted by Gasteiger charge is -2.20. The average Bonchev–Trinajstić information content (AvgIpc) is 3.12. The molecule has 0 unspecified atom stereocenters. The lowest BCUT2D eigenvalue weighted by molar-refractivity contribution is 0.102. The van der Waals surface area contributed by atoms with E-state index in [9.17, 15) is 4.79 Å². The number of hydrogen-bond acceptors (Lipinski definition) is 6. The molecule has 0 saturated carbocycles. The molecule has 1 fully saturated rings. The summed E-state index contributed by atoms with van der Waals surface area (Å²) >= 11 is 1.47. The van der Waals surface area contributed by atoms with Crippen LogP contribution in [-0.4, -0.2) is 49.1 Å². The van der Waals surface area contributed by atoms with Crippen molar-refractivity contribution in [1.82, 2.24) is 15.2 Å². The van der Waals surface area contributed by atoms with E-state index in [0.717, 1.165) is 66.1 Å². The Morgan fingerprint density at radius 2 is 1.86 bits per heavy atom. The van der Waals surface area contributed by atoms with Gasteiger partial charge in [-0.15, -0.1) is 12.4 Å². The minimum atomic E-state index is -0.136. The van der Waals surface area contributed by atoms with Gasteiger partial charge >= 0.3 is 0 Å². The number of benzene rings is 3. The number of carbonyl (C=O) groups is 1. The van der Waals surface area contributed by atoms with Crippen LogP contribution < -0.4 is 15.4 Å². The molecule has 1 aromatic heterocycles. The molecule has 0 aliphatic carbocycles. The quantitative estimate of drug-likeness (QED) is 0.363. The molecule has 0 bridgehead atoms. The van der Waals surface area contributed by atoms with E-state index in [1.165, 1.54) is 11.3 Å². The second-order valence-corrected chi connectivity index (χ2v) is 9.37. The first-order chi connectivity index (χ1) is 16.7. The Balaban J connectivity index is 0.00000289. The number of ether oxygens (including phenoxy) is 1. The molecule has 1 aliphatic rings. The Hall–Kier alpha value is -2.97. The number of rotatable bonds is 6. The predicted octanol–water partition coefficient (Wildman–Crippen LogP) is 5.44. The Morgan fingerprint density at radius 1 is 1.06 bits per heavy atom. The van der Waals surface area contributed by atoms with Gasteiger partial charge in [0.2, 0.25) is 0 Å². The van der Waals surface area contributed by atoms with Crippen LogP contribution in [0, 0.1) is 0 Å². The largest absolute Gasteiger partial charge is 0.494 e. The molecular weight excluding hydrogens is 480 g/mol. The second-order valence-electron chi connectivity index (χ2n) is 8.37. The number of fused-ring (bicyclic) bond motifs is 1. The summed E-state index contributed by atoms with van der Waals surface area (Å²) in [5.41, 5.74) is 4.66. The maximum absolute atomic E-state index is 13.3. The molecule has 2 heterocycles. The highest BCUT2D eigenvalue weighted by atomic mass is 35.5. The summed E-state index contributed by atoms with van der Waals surface area (Å²) < 4.78 is 6.55. The van der Waals surface area contributed by atoms with Gasteiger partial charge in [0.05, 0.1) is 11.8 Å². The monoisotopic (exact) mass is 508 g/mol. The number of nitrogens with zero attached hydrogens (tertiary/aromatic N) is 2. The maximum Gasteiger partial charge on any atom is 0.257 e. The van der Waals surface area contributed by atoms with Crippen molar-refractivity contribution in [1.29, 1.82) is 0 Å². The molecule has 6 nitrogen and oxygen atoms in total. The van der Waals surface area contributed by atoms with Gasteiger partial charge in [0.1, 0.15) is 11.3 Å². The Bertz CT molecular complexity index is 1290. The first-order valence-corrected chi connectivity index (χ1v) is 12.4. The molecule has 1 amide bonds. The van der Waals surface area contributed by atoms with Gasteiger partial charge < -0.3 is 10.1 Å². The first kappa shape index (κ1) is 25.1. The fourth-order valence-corrected chi connectivity index (χ4v) is 5.40. The molecular formula is C27H29ClN4O2S. The third-order valence-corrected chi connectivity index (χ3v) is 7.12. The van der Waals surface area contributed by atoms with Crippen molar-refractivity contribution in [3.8, 4) is 16.9 Å². The summed E-state index contributed by atoms with van der Waals surface area (Å²) in [4.78, 5) is 20.5. The molecule has 182 valence electrons. The number of carbonyl (C=O) groups excluding carboxylic acids is 1. The molecule has 0 radical (unpaired) electrons. The zero-order valence-corrected chi connectivity index (χ0v) is 21.3. The molecule has 1 saturated heterocycles. The first-order valence-electron chi connectivity index (χ1n) is 11.6. The highest BCUT2D eigenvalue weighted by molar-refractivity contribution is 7.23. The Labute approximate surface area is 215 Å². The van der Waals surface area contributed by atoms with Gasteiger partial charge in [0.15, 0.2) is 5.13 Å². The van der Waals surface area contributed by atoms with E-state index in [1.54, 1.807) is 7.11 Å². The van der Waals surface area contributed by atoms with Crippen molar-refractivity contribution in [2.24, 2.45) is 0 Å². The van der Waals surface area contributed by atoms with E-state index in [4.69, 9.17) is 9.72 Å². The van der Waals surface area contributed by atoms with Crippen LogP contribution in [0.2, 0.25) is 0 Å². The maximum atomic E-state index is 13.3. The van der Waals surface area contributed by atoms with Crippen molar-refractivity contribution >= 4 is 45.0 Å². The molecule has 0 atom stereocenters. The summed E-state index contributed by atoms with van der Waals surface area (Å²) in [6.07, 6.45) is 1.12. The molecule has 4 aromatic rings. The van der Waals surface area contributed by atoms with Crippen molar-refractivity contribution in [3.05, 3.63) is 77.9 Å². The van der Waals surface area contributed by atoms with Crippen LogP contribution in [0.3, 0.4) is 0 Å². The van der Waals surface area contributed by atoms with Crippen LogP contribution in [0.5, 0.6) is 5.75 Å². The lowest BCUT2D eigenvalue weighted by Crippen LogP contribution is -2.28. The van der Waals surface area contributed by atoms with Gasteiger partial charge in [0.25, 0.3) is 5.91 Å². The van der Waals surface area contributed by atoms with Crippen molar-refractivity contribution in [2.75, 3.05) is 38.6 Å². The third-order valence-electron chi connectivity index (χ3n) is 6.12. The smallest absolute Gasteiger partial charge is 0.257 e. The van der Waals surface area contributed by atoms with Crippen LogP contribution >= 0.6 is 23.7 Å². The number of nitrogens with one attached hydrogen (secondary N) is 2. The third kappa shape index (κ3) is 5.65. The van der Waals surface area contributed by atoms with Crippen molar-refractivity contribution in [3.63, 3.8) is 0 Å². The number of aromatic nitrogens is 1. The van der Waals surface area contributed by atoms with Gasteiger partial charge in [-0.05, 0) is 48.8 Å². The number of halogens is 1. The average molecular weight is 509 g/mol. The van der Waals surface area contributed by atoms with Crippen LogP contribution in [0.4, 0.5) is 5.13 Å². The summed E-state index contributed by atoms with van der Waals surface area (Å²) in [6, 6.07) is 22.0. The fourth-order valence-electron chi connectivity index (χ4n) is 4.39. The van der Waals surface area contributed by atoms with Gasteiger partial charge in [-0.25, -0.2) is 4.98 Å². The van der Waals surface area contributed by atoms with E-state index < -0.39 is 0 Å². The number of amides is 1. The molecule has 0 spiro atoms. The van der Waals surface area contributed by atoms with Gasteiger partial charge in [-0.1, -0.05) is 59.9 Å². The van der Waals surface area contributed by atoms with Crippen molar-refractivity contribution in [2.45, 2.75) is 13.0 Å². The lowest BCUT2D eigenvalue weighted by atomic mass is 10.1. The number of anilines is 1. The topological polar surface area (TPSA) is 66.5 Å². The summed E-state index contributed by atoms with van der Waals surface area (Å²) in [7, 11) is 1.64. The molecule has 2 N–H and O–H groups in total. The summed E-state index contributed by atoms with van der Waals surface area (Å²) in [6.45, 7) is 4.80. The number of hydrogen-bond donors (Lipinski definition) is 2. The number of methoxy groups -OCH3 is 1. The highest BCUT2D eigenvalue weighted by Crippen LogP contribution is 2.39. The molecule has 1 aliphatic heterocycles. The fraction of sp³-hybridized carbons (Fsp3) is 0.259. The van der Waals surface area contributed by atoms with Crippen LogP contribution in [0.1, 0.15) is 22.3 Å². The summed E-state index contributed by atoms with van der Waals surface area (Å²) in [5.74, 6) is 0.560. The van der Waals surface area contributed by atoms with Crippen LogP contribution in [0.15, 0.2) is 66.7 Å². The Kier molecular flexibility index (Phi) is 8.36. The zero-order chi connectivity index (χ0) is 23.3. The van der Waals surface area contributed by atoms with Gasteiger partial charge in [0, 0.05) is 30.8 Å². The van der Waals surface area contributed by atoms with E-state index >= 15 is 0 Å². The SMILES string of the molecule is COc1ccc(-c2ccccc2)c2sc(NC(=O)c3ccccc3CN3CCCNCC3)nc12.Cl. The minimum Gasteiger partial charge on any atom is -0.494 e. The standard InChI is InChI=1S/C27H28N4O2S.ClH/c1-33-23-13-12-21(19-8-3-2-4-9-19)25-24(23)29-27(34-25)30-26(32)22-11-6-5-10-20(22)18-31-16-7-14-28-15-17-31;/h2-6,8-13,28H,7,14-18H2,1H3,(H,29,30,32);1H. The number of thiazole rings is 1. The zero-order valence-electron chi connectivity index (χ0n) is 19.6. The normalized spacial score (nSPS) is 14.2. The minimum absolute atomic E-state index is 0. The van der Waals surface area contributed by atoms with Crippen molar-refractivity contribution < 1.29 is 9.53 Å². The van der Waals surface area contributed by atoms with E-state index in [0.29, 0.717) is 16.4 Å². The van der Waals surface area contributed by atoms with E-state index in [2.05, 4.69) is 27.7 Å². The molecule has 3 aromatic carbocycles. The Morgan fingerprint density at radius 3 is 2.69 bits per heavy atom. The second kappa shape index (κ2) is 11.6.